The Morgan fingerprint density at radius 3 is 2.31 bits per heavy atom. The first-order valence-electron chi connectivity index (χ1n) is 9.36. The van der Waals surface area contributed by atoms with Crippen LogP contribution in [0.2, 0.25) is 0 Å². The Morgan fingerprint density at radius 1 is 1.03 bits per heavy atom. The van der Waals surface area contributed by atoms with Crippen LogP contribution in [0.15, 0.2) is 65.8 Å². The van der Waals surface area contributed by atoms with E-state index in [1.54, 1.807) is 19.1 Å². The standard InChI is InChI=1S/C21H18F3N3O4S/c1-2-32(29,30)15-9-7-14(8-10-15)11-20(28)27-19-13-25-17(12-26-19)16-5-3-4-6-18(16)31-21(22,23)24/h3-10,12-13H,2,11H2,1H3,(H,26,27,28). The molecule has 7 nitrogen and oxygen atoms in total. The van der Waals surface area contributed by atoms with Gasteiger partial charge in [-0.2, -0.15) is 0 Å². The fourth-order valence-corrected chi connectivity index (χ4v) is 3.66. The zero-order chi connectivity index (χ0) is 23.4. The summed E-state index contributed by atoms with van der Waals surface area (Å²) in [5.74, 6) is -0.745. The second-order valence-corrected chi connectivity index (χ2v) is 8.88. The van der Waals surface area contributed by atoms with E-state index in [-0.39, 0.29) is 34.1 Å². The van der Waals surface area contributed by atoms with Crippen molar-refractivity contribution in [1.82, 2.24) is 9.97 Å². The highest BCUT2D eigenvalue weighted by Crippen LogP contribution is 2.32. The van der Waals surface area contributed by atoms with Crippen molar-refractivity contribution in [2.45, 2.75) is 24.6 Å². The van der Waals surface area contributed by atoms with Crippen LogP contribution in [-0.4, -0.2) is 36.4 Å². The van der Waals surface area contributed by atoms with E-state index in [1.165, 1.54) is 42.7 Å². The number of hydrogen-bond acceptors (Lipinski definition) is 6. The summed E-state index contributed by atoms with van der Waals surface area (Å²) in [6.07, 6.45) is -2.44. The van der Waals surface area contributed by atoms with Crippen LogP contribution < -0.4 is 10.1 Å². The van der Waals surface area contributed by atoms with Gasteiger partial charge in [-0.3, -0.25) is 9.78 Å². The molecule has 0 saturated heterocycles. The van der Waals surface area contributed by atoms with Crippen LogP contribution in [0.4, 0.5) is 19.0 Å². The number of amides is 1. The van der Waals surface area contributed by atoms with Gasteiger partial charge in [-0.1, -0.05) is 31.2 Å². The summed E-state index contributed by atoms with van der Waals surface area (Å²) in [6, 6.07) is 11.5. The van der Waals surface area contributed by atoms with Crippen molar-refractivity contribution in [2.24, 2.45) is 0 Å². The molecule has 3 aromatic rings. The predicted molar refractivity (Wildman–Crippen MR) is 111 cm³/mol. The third-order valence-corrected chi connectivity index (χ3v) is 6.09. The van der Waals surface area contributed by atoms with Crippen molar-refractivity contribution < 1.29 is 31.1 Å². The number of rotatable bonds is 7. The first-order valence-corrected chi connectivity index (χ1v) is 11.0. The number of benzene rings is 2. The Labute approximate surface area is 182 Å². The topological polar surface area (TPSA) is 98.2 Å². The number of halogens is 3. The molecule has 0 aliphatic rings. The largest absolute Gasteiger partial charge is 0.573 e. The van der Waals surface area contributed by atoms with Crippen molar-refractivity contribution in [1.29, 1.82) is 0 Å². The lowest BCUT2D eigenvalue weighted by molar-refractivity contribution is -0.274. The van der Waals surface area contributed by atoms with Crippen molar-refractivity contribution in [3.8, 4) is 17.0 Å². The molecule has 1 N–H and O–H groups in total. The van der Waals surface area contributed by atoms with Crippen LogP contribution in [0.3, 0.4) is 0 Å². The first-order chi connectivity index (χ1) is 15.1. The maximum absolute atomic E-state index is 12.6. The maximum atomic E-state index is 12.6. The van der Waals surface area contributed by atoms with E-state index < -0.39 is 27.9 Å². The van der Waals surface area contributed by atoms with Gasteiger partial charge < -0.3 is 10.1 Å². The van der Waals surface area contributed by atoms with E-state index in [4.69, 9.17) is 0 Å². The van der Waals surface area contributed by atoms with Gasteiger partial charge in [0.25, 0.3) is 0 Å². The maximum Gasteiger partial charge on any atom is 0.573 e. The number of para-hydroxylation sites is 1. The molecule has 0 radical (unpaired) electrons. The third-order valence-electron chi connectivity index (χ3n) is 4.34. The lowest BCUT2D eigenvalue weighted by Crippen LogP contribution is -2.17. The van der Waals surface area contributed by atoms with Crippen LogP contribution in [0, 0.1) is 0 Å². The Morgan fingerprint density at radius 2 is 1.72 bits per heavy atom. The van der Waals surface area contributed by atoms with Crippen molar-refractivity contribution in [3.63, 3.8) is 0 Å². The van der Waals surface area contributed by atoms with Gasteiger partial charge in [0.2, 0.25) is 5.91 Å². The van der Waals surface area contributed by atoms with E-state index in [9.17, 15) is 26.4 Å². The number of alkyl halides is 3. The Kier molecular flexibility index (Phi) is 6.78. The van der Waals surface area contributed by atoms with Crippen LogP contribution in [-0.2, 0) is 21.1 Å². The van der Waals surface area contributed by atoms with E-state index in [1.807, 2.05) is 0 Å². The molecular weight excluding hydrogens is 447 g/mol. The van der Waals surface area contributed by atoms with Crippen LogP contribution in [0.5, 0.6) is 5.75 Å². The van der Waals surface area contributed by atoms with Gasteiger partial charge >= 0.3 is 6.36 Å². The number of sulfone groups is 1. The summed E-state index contributed by atoms with van der Waals surface area (Å²) in [5, 5.41) is 2.54. The summed E-state index contributed by atoms with van der Waals surface area (Å²) in [7, 11) is -3.32. The molecule has 0 unspecified atom stereocenters. The lowest BCUT2D eigenvalue weighted by Gasteiger charge is -2.12. The van der Waals surface area contributed by atoms with Crippen LogP contribution >= 0.6 is 0 Å². The highest BCUT2D eigenvalue weighted by molar-refractivity contribution is 7.91. The predicted octanol–water partition coefficient (Wildman–Crippen LogP) is 4.02. The molecule has 32 heavy (non-hydrogen) atoms. The average Bonchev–Trinajstić information content (AvgIpc) is 2.74. The Hall–Kier alpha value is -3.47. The van der Waals surface area contributed by atoms with E-state index in [2.05, 4.69) is 20.0 Å². The third kappa shape index (κ3) is 6.03. The van der Waals surface area contributed by atoms with Crippen molar-refractivity contribution in [3.05, 3.63) is 66.5 Å². The summed E-state index contributed by atoms with van der Waals surface area (Å²) in [4.78, 5) is 20.5. The van der Waals surface area contributed by atoms with Gasteiger partial charge in [0, 0.05) is 5.56 Å². The highest BCUT2D eigenvalue weighted by Gasteiger charge is 2.32. The molecule has 0 aliphatic carbocycles. The van der Waals surface area contributed by atoms with Gasteiger partial charge in [-0.05, 0) is 29.8 Å². The zero-order valence-electron chi connectivity index (χ0n) is 16.8. The molecule has 0 fully saturated rings. The zero-order valence-corrected chi connectivity index (χ0v) is 17.6. The minimum atomic E-state index is -4.85. The van der Waals surface area contributed by atoms with E-state index in [0.29, 0.717) is 5.56 Å². The number of nitrogens with zero attached hydrogens (tertiary/aromatic N) is 2. The molecule has 0 bridgehead atoms. The summed E-state index contributed by atoms with van der Waals surface area (Å²) in [5.41, 5.74) is 0.827. The molecule has 11 heteroatoms. The SMILES string of the molecule is CCS(=O)(=O)c1ccc(CC(=O)Nc2cnc(-c3ccccc3OC(F)(F)F)cn2)cc1. The van der Waals surface area contributed by atoms with Gasteiger partial charge in [-0.15, -0.1) is 13.2 Å². The molecule has 1 heterocycles. The second-order valence-electron chi connectivity index (χ2n) is 6.60. The van der Waals surface area contributed by atoms with Crippen molar-refractivity contribution >= 4 is 21.6 Å². The second kappa shape index (κ2) is 9.35. The number of ether oxygens (including phenoxy) is 1. The van der Waals surface area contributed by atoms with Crippen LogP contribution in [0.1, 0.15) is 12.5 Å². The number of hydrogen-bond donors (Lipinski definition) is 1. The summed E-state index contributed by atoms with van der Waals surface area (Å²) < 4.78 is 65.4. The summed E-state index contributed by atoms with van der Waals surface area (Å²) >= 11 is 0. The fraction of sp³-hybridized carbons (Fsp3) is 0.190. The lowest BCUT2D eigenvalue weighted by atomic mass is 10.1. The molecule has 0 spiro atoms. The van der Waals surface area contributed by atoms with Crippen LogP contribution in [0.25, 0.3) is 11.3 Å². The number of carbonyl (C=O) groups is 1. The van der Waals surface area contributed by atoms with Gasteiger partial charge in [0.05, 0.1) is 35.2 Å². The number of anilines is 1. The summed E-state index contributed by atoms with van der Waals surface area (Å²) in [6.45, 7) is 1.55. The number of nitrogens with one attached hydrogen (secondary N) is 1. The normalized spacial score (nSPS) is 11.8. The number of carbonyl (C=O) groups excluding carboxylic acids is 1. The molecule has 1 aromatic heterocycles. The van der Waals surface area contributed by atoms with E-state index >= 15 is 0 Å². The molecule has 0 atom stereocenters. The molecule has 2 aromatic carbocycles. The Balaban J connectivity index is 1.67. The van der Waals surface area contributed by atoms with E-state index in [0.717, 1.165) is 6.07 Å². The minimum Gasteiger partial charge on any atom is -0.405 e. The van der Waals surface area contributed by atoms with Gasteiger partial charge in [0.1, 0.15) is 5.75 Å². The van der Waals surface area contributed by atoms with Crippen molar-refractivity contribution in [2.75, 3.05) is 11.1 Å². The highest BCUT2D eigenvalue weighted by atomic mass is 32.2. The molecule has 0 aliphatic heterocycles. The van der Waals surface area contributed by atoms with Gasteiger partial charge in [0.15, 0.2) is 15.7 Å². The monoisotopic (exact) mass is 465 g/mol. The molecule has 1 amide bonds. The molecule has 168 valence electrons. The molecular formula is C21H18F3N3O4S. The molecule has 3 rings (SSSR count). The Bertz CT molecular complexity index is 1200. The quantitative estimate of drug-likeness (QED) is 0.566. The molecule has 0 saturated carbocycles. The smallest absolute Gasteiger partial charge is 0.405 e. The first kappa shape index (κ1) is 23.2. The fourth-order valence-electron chi connectivity index (χ4n) is 2.78. The van der Waals surface area contributed by atoms with Gasteiger partial charge in [-0.25, -0.2) is 13.4 Å². The number of aromatic nitrogens is 2. The minimum absolute atomic E-state index is 0.0195. The average molecular weight is 465 g/mol.